The van der Waals surface area contributed by atoms with Gasteiger partial charge in [-0.2, -0.15) is 0 Å². The second-order valence-electron chi connectivity index (χ2n) is 4.11. The number of hydrogen-bond acceptors (Lipinski definition) is 4. The van der Waals surface area contributed by atoms with E-state index in [1.165, 1.54) is 0 Å². The number of aromatic nitrogens is 1. The molecule has 0 aliphatic carbocycles. The molecule has 0 unspecified atom stereocenters. The Morgan fingerprint density at radius 1 is 1.15 bits per heavy atom. The average Bonchev–Trinajstić information content (AvgIpc) is 2.91. The minimum atomic E-state index is -0.520. The molecule has 0 amide bonds. The number of nitrogens with zero attached hydrogens (tertiary/aromatic N) is 1. The van der Waals surface area contributed by atoms with Gasteiger partial charge in [0, 0.05) is 6.08 Å². The van der Waals surface area contributed by atoms with Crippen molar-refractivity contribution in [2.45, 2.75) is 0 Å². The van der Waals surface area contributed by atoms with Crippen molar-refractivity contribution in [3.05, 3.63) is 61.2 Å². The second-order valence-corrected chi connectivity index (χ2v) is 4.11. The van der Waals surface area contributed by atoms with Crippen LogP contribution in [-0.2, 0) is 4.79 Å². The van der Waals surface area contributed by atoms with E-state index in [4.69, 9.17) is 9.15 Å². The maximum absolute atomic E-state index is 11.3. The summed E-state index contributed by atoms with van der Waals surface area (Å²) < 4.78 is 10.9. The molecule has 20 heavy (non-hydrogen) atoms. The van der Waals surface area contributed by atoms with Crippen LogP contribution in [0.1, 0.15) is 0 Å². The quantitative estimate of drug-likeness (QED) is 0.412. The van der Waals surface area contributed by atoms with E-state index in [1.54, 1.807) is 18.2 Å². The fourth-order valence-electron chi connectivity index (χ4n) is 1.87. The number of carbonyl (C=O) groups excluding carboxylic acids is 1. The molecule has 0 saturated heterocycles. The van der Waals surface area contributed by atoms with Gasteiger partial charge in [0.2, 0.25) is 5.89 Å². The van der Waals surface area contributed by atoms with E-state index in [9.17, 15) is 4.79 Å². The Hall–Kier alpha value is -2.88. The first-order valence-electron chi connectivity index (χ1n) is 6.07. The highest BCUT2D eigenvalue weighted by Crippen LogP contribution is 2.31. The van der Waals surface area contributed by atoms with Crippen LogP contribution in [0.3, 0.4) is 0 Å². The Bertz CT molecular complexity index is 756. The molecule has 0 aliphatic heterocycles. The van der Waals surface area contributed by atoms with Crippen LogP contribution in [0.4, 0.5) is 0 Å². The van der Waals surface area contributed by atoms with Crippen LogP contribution in [-0.4, -0.2) is 11.0 Å². The van der Waals surface area contributed by atoms with Gasteiger partial charge in [0.25, 0.3) is 0 Å². The standard InChI is InChI=1S/C16H11NO3/c1-2-15(18)19-13-9-5-3-7-11(13)16-17-12-8-4-6-10-14(12)20-16/h2-10H,1H2. The predicted octanol–water partition coefficient (Wildman–Crippen LogP) is 3.59. The van der Waals surface area contributed by atoms with E-state index in [1.807, 2.05) is 30.3 Å². The molecule has 98 valence electrons. The first kappa shape index (κ1) is 12.2. The molecule has 0 N–H and O–H groups in total. The third kappa shape index (κ3) is 2.19. The lowest BCUT2D eigenvalue weighted by Gasteiger charge is -2.05. The van der Waals surface area contributed by atoms with Crippen molar-refractivity contribution < 1.29 is 13.9 Å². The van der Waals surface area contributed by atoms with Crippen LogP contribution in [0.25, 0.3) is 22.6 Å². The highest BCUT2D eigenvalue weighted by atomic mass is 16.5. The molecule has 3 rings (SSSR count). The van der Waals surface area contributed by atoms with Crippen LogP contribution in [0.15, 0.2) is 65.6 Å². The molecular weight excluding hydrogens is 254 g/mol. The summed E-state index contributed by atoms with van der Waals surface area (Å²) in [6, 6.07) is 14.5. The number of benzene rings is 2. The smallest absolute Gasteiger partial charge is 0.335 e. The number of oxazole rings is 1. The van der Waals surface area contributed by atoms with E-state index in [0.717, 1.165) is 11.6 Å². The Morgan fingerprint density at radius 3 is 2.70 bits per heavy atom. The van der Waals surface area contributed by atoms with Crippen molar-refractivity contribution in [3.8, 4) is 17.2 Å². The molecule has 0 radical (unpaired) electrons. The van der Waals surface area contributed by atoms with Crippen molar-refractivity contribution >= 4 is 17.1 Å². The molecule has 1 aromatic heterocycles. The minimum Gasteiger partial charge on any atom is -0.436 e. The number of fused-ring (bicyclic) bond motifs is 1. The van der Waals surface area contributed by atoms with Gasteiger partial charge in [-0.3, -0.25) is 0 Å². The van der Waals surface area contributed by atoms with Gasteiger partial charge in [0.05, 0.1) is 5.56 Å². The first-order chi connectivity index (χ1) is 9.78. The third-order valence-electron chi connectivity index (χ3n) is 2.79. The van der Waals surface area contributed by atoms with Gasteiger partial charge in [-0.15, -0.1) is 0 Å². The van der Waals surface area contributed by atoms with Gasteiger partial charge in [0.15, 0.2) is 5.58 Å². The number of hydrogen-bond donors (Lipinski definition) is 0. The molecular formula is C16H11NO3. The SMILES string of the molecule is C=CC(=O)Oc1ccccc1-c1nc2ccccc2o1. The lowest BCUT2D eigenvalue weighted by atomic mass is 10.2. The van der Waals surface area contributed by atoms with Gasteiger partial charge in [0.1, 0.15) is 11.3 Å². The Kier molecular flexibility index (Phi) is 3.05. The van der Waals surface area contributed by atoms with Crippen molar-refractivity contribution in [1.29, 1.82) is 0 Å². The molecule has 4 nitrogen and oxygen atoms in total. The number of ether oxygens (including phenoxy) is 1. The summed E-state index contributed by atoms with van der Waals surface area (Å²) in [6.45, 7) is 3.38. The zero-order valence-corrected chi connectivity index (χ0v) is 10.6. The Balaban J connectivity index is 2.09. The molecule has 2 aromatic carbocycles. The molecule has 1 heterocycles. The molecule has 0 saturated carbocycles. The summed E-state index contributed by atoms with van der Waals surface area (Å²) in [6.07, 6.45) is 1.11. The zero-order chi connectivity index (χ0) is 13.9. The normalized spacial score (nSPS) is 10.4. The monoisotopic (exact) mass is 265 g/mol. The van der Waals surface area contributed by atoms with Gasteiger partial charge in [-0.05, 0) is 24.3 Å². The van der Waals surface area contributed by atoms with Crippen molar-refractivity contribution in [1.82, 2.24) is 4.98 Å². The maximum Gasteiger partial charge on any atom is 0.335 e. The van der Waals surface area contributed by atoms with E-state index < -0.39 is 5.97 Å². The number of esters is 1. The summed E-state index contributed by atoms with van der Waals surface area (Å²) in [5.41, 5.74) is 2.07. The van der Waals surface area contributed by atoms with E-state index in [0.29, 0.717) is 22.8 Å². The van der Waals surface area contributed by atoms with Gasteiger partial charge < -0.3 is 9.15 Å². The van der Waals surface area contributed by atoms with Gasteiger partial charge in [-0.1, -0.05) is 30.8 Å². The van der Waals surface area contributed by atoms with E-state index in [-0.39, 0.29) is 0 Å². The molecule has 0 bridgehead atoms. The van der Waals surface area contributed by atoms with Crippen LogP contribution < -0.4 is 4.74 Å². The first-order valence-corrected chi connectivity index (χ1v) is 6.07. The summed E-state index contributed by atoms with van der Waals surface area (Å²) >= 11 is 0. The summed E-state index contributed by atoms with van der Waals surface area (Å²) in [7, 11) is 0. The fourth-order valence-corrected chi connectivity index (χ4v) is 1.87. The van der Waals surface area contributed by atoms with Crippen molar-refractivity contribution in [2.75, 3.05) is 0 Å². The molecule has 0 aliphatic rings. The van der Waals surface area contributed by atoms with Gasteiger partial charge >= 0.3 is 5.97 Å². The third-order valence-corrected chi connectivity index (χ3v) is 2.79. The summed E-state index contributed by atoms with van der Waals surface area (Å²) in [5, 5.41) is 0. The van der Waals surface area contributed by atoms with Gasteiger partial charge in [-0.25, -0.2) is 9.78 Å². The largest absolute Gasteiger partial charge is 0.436 e. The Labute approximate surface area is 115 Å². The molecule has 0 atom stereocenters. The van der Waals surface area contributed by atoms with E-state index in [2.05, 4.69) is 11.6 Å². The maximum atomic E-state index is 11.3. The predicted molar refractivity (Wildman–Crippen MR) is 75.3 cm³/mol. The van der Waals surface area contributed by atoms with Crippen LogP contribution >= 0.6 is 0 Å². The van der Waals surface area contributed by atoms with Crippen LogP contribution in [0, 0.1) is 0 Å². The van der Waals surface area contributed by atoms with Crippen molar-refractivity contribution in [3.63, 3.8) is 0 Å². The number of carbonyl (C=O) groups is 1. The lowest BCUT2D eigenvalue weighted by Crippen LogP contribution is -2.04. The van der Waals surface area contributed by atoms with Crippen molar-refractivity contribution in [2.24, 2.45) is 0 Å². The highest BCUT2D eigenvalue weighted by molar-refractivity contribution is 5.85. The topological polar surface area (TPSA) is 52.3 Å². The molecule has 0 spiro atoms. The second kappa shape index (κ2) is 5.01. The summed E-state index contributed by atoms with van der Waals surface area (Å²) in [5.74, 6) is 0.288. The molecule has 0 fully saturated rings. The molecule has 4 heteroatoms. The highest BCUT2D eigenvalue weighted by Gasteiger charge is 2.14. The minimum absolute atomic E-state index is 0.393. The molecule has 3 aromatic rings. The average molecular weight is 265 g/mol. The lowest BCUT2D eigenvalue weighted by molar-refractivity contribution is -0.128. The number of rotatable bonds is 3. The van der Waals surface area contributed by atoms with Crippen LogP contribution in [0.2, 0.25) is 0 Å². The van der Waals surface area contributed by atoms with E-state index >= 15 is 0 Å². The summed E-state index contributed by atoms with van der Waals surface area (Å²) in [4.78, 5) is 15.7. The van der Waals surface area contributed by atoms with Crippen LogP contribution in [0.5, 0.6) is 5.75 Å². The number of para-hydroxylation sites is 3. The fraction of sp³-hybridized carbons (Fsp3) is 0. The zero-order valence-electron chi connectivity index (χ0n) is 10.6. The Morgan fingerprint density at radius 2 is 1.90 bits per heavy atom.